The predicted molar refractivity (Wildman–Crippen MR) is 118 cm³/mol. The number of methoxy groups -OCH3 is 2. The lowest BCUT2D eigenvalue weighted by molar-refractivity contribution is 0.0169. The van der Waals surface area contributed by atoms with E-state index in [1.54, 1.807) is 14.2 Å². The van der Waals surface area contributed by atoms with Crippen LogP contribution in [0.2, 0.25) is 0 Å². The lowest BCUT2D eigenvalue weighted by Gasteiger charge is -2.35. The molecule has 0 bridgehead atoms. The number of benzene rings is 1. The van der Waals surface area contributed by atoms with E-state index in [9.17, 15) is 0 Å². The van der Waals surface area contributed by atoms with Crippen LogP contribution >= 0.6 is 0 Å². The zero-order chi connectivity index (χ0) is 21.1. The van der Waals surface area contributed by atoms with Crippen molar-refractivity contribution in [1.29, 1.82) is 0 Å². The van der Waals surface area contributed by atoms with E-state index < -0.39 is 0 Å². The van der Waals surface area contributed by atoms with Gasteiger partial charge in [-0.15, -0.1) is 0 Å². The Balaban J connectivity index is 2.06. The van der Waals surface area contributed by atoms with Gasteiger partial charge in [-0.1, -0.05) is 19.9 Å². The molecule has 1 aliphatic rings. The highest BCUT2D eigenvalue weighted by atomic mass is 16.5. The summed E-state index contributed by atoms with van der Waals surface area (Å²) in [6.45, 7) is 9.50. The summed E-state index contributed by atoms with van der Waals surface area (Å²) in [5.74, 6) is 3.06. The number of guanidine groups is 1. The zero-order valence-electron chi connectivity index (χ0n) is 18.7. The Morgan fingerprint density at radius 2 is 1.86 bits per heavy atom. The minimum Gasteiger partial charge on any atom is -0.493 e. The van der Waals surface area contributed by atoms with Crippen LogP contribution in [-0.4, -0.2) is 71.5 Å². The molecule has 1 fully saturated rings. The summed E-state index contributed by atoms with van der Waals surface area (Å²) >= 11 is 0. The minimum absolute atomic E-state index is 0.188. The predicted octanol–water partition coefficient (Wildman–Crippen LogP) is 2.68. The summed E-state index contributed by atoms with van der Waals surface area (Å²) in [6, 6.07) is 6.34. The summed E-state index contributed by atoms with van der Waals surface area (Å²) < 4.78 is 16.5. The largest absolute Gasteiger partial charge is 0.493 e. The van der Waals surface area contributed by atoms with E-state index in [2.05, 4.69) is 46.5 Å². The normalized spacial score (nSPS) is 16.6. The van der Waals surface area contributed by atoms with E-state index >= 15 is 0 Å². The van der Waals surface area contributed by atoms with E-state index in [4.69, 9.17) is 14.2 Å². The zero-order valence-corrected chi connectivity index (χ0v) is 18.7. The van der Waals surface area contributed by atoms with Crippen LogP contribution in [-0.2, 0) is 4.74 Å². The Hall–Kier alpha value is -1.99. The lowest BCUT2D eigenvalue weighted by Crippen LogP contribution is -2.46. The van der Waals surface area contributed by atoms with E-state index in [-0.39, 0.29) is 6.04 Å². The highest BCUT2D eigenvalue weighted by molar-refractivity contribution is 5.79. The molecular formula is C22H38N4O3. The topological polar surface area (TPSA) is 67.4 Å². The van der Waals surface area contributed by atoms with Crippen molar-refractivity contribution in [3.63, 3.8) is 0 Å². The molecule has 164 valence electrons. The standard InChI is InChI=1S/C22H38N4O3/c1-17(2)7-6-10-24-22(23-3)25-16-19(26-11-13-29-14-12-26)18-8-9-20(27-4)21(15-18)28-5/h8-9,15,17,19H,6-7,10-14,16H2,1-5H3,(H2,23,24,25). The number of ether oxygens (including phenoxy) is 3. The van der Waals surface area contributed by atoms with Gasteiger partial charge in [-0.25, -0.2) is 0 Å². The summed E-state index contributed by atoms with van der Waals surface area (Å²) in [6.07, 6.45) is 2.35. The molecule has 2 N–H and O–H groups in total. The molecule has 2 rings (SSSR count). The van der Waals surface area contributed by atoms with Crippen LogP contribution in [0.5, 0.6) is 11.5 Å². The number of hydrogen-bond donors (Lipinski definition) is 2. The molecule has 7 nitrogen and oxygen atoms in total. The maximum Gasteiger partial charge on any atom is 0.191 e. The van der Waals surface area contributed by atoms with Crippen LogP contribution in [0.15, 0.2) is 23.2 Å². The quantitative estimate of drug-likeness (QED) is 0.354. The van der Waals surface area contributed by atoms with E-state index in [0.717, 1.165) is 69.2 Å². The van der Waals surface area contributed by atoms with Crippen LogP contribution < -0.4 is 20.1 Å². The van der Waals surface area contributed by atoms with Crippen LogP contribution in [0.3, 0.4) is 0 Å². The third-order valence-corrected chi connectivity index (χ3v) is 5.22. The maximum atomic E-state index is 5.56. The summed E-state index contributed by atoms with van der Waals surface area (Å²) in [5, 5.41) is 6.93. The molecule has 0 saturated carbocycles. The molecule has 0 amide bonds. The summed E-state index contributed by atoms with van der Waals surface area (Å²) in [4.78, 5) is 6.83. The highest BCUT2D eigenvalue weighted by Gasteiger charge is 2.24. The molecule has 0 spiro atoms. The molecule has 7 heteroatoms. The van der Waals surface area contributed by atoms with Gasteiger partial charge in [0.25, 0.3) is 0 Å². The van der Waals surface area contributed by atoms with Crippen molar-refractivity contribution in [3.8, 4) is 11.5 Å². The van der Waals surface area contributed by atoms with Crippen molar-refractivity contribution < 1.29 is 14.2 Å². The van der Waals surface area contributed by atoms with Crippen molar-refractivity contribution in [1.82, 2.24) is 15.5 Å². The number of aliphatic imine (C=N–C) groups is 1. The number of hydrogen-bond acceptors (Lipinski definition) is 5. The van der Waals surface area contributed by atoms with Gasteiger partial charge in [-0.2, -0.15) is 0 Å². The van der Waals surface area contributed by atoms with Gasteiger partial charge in [0.15, 0.2) is 17.5 Å². The lowest BCUT2D eigenvalue weighted by atomic mass is 10.0. The third kappa shape index (κ3) is 7.40. The smallest absolute Gasteiger partial charge is 0.191 e. The first kappa shape index (κ1) is 23.3. The summed E-state index contributed by atoms with van der Waals surface area (Å²) in [5.41, 5.74) is 1.19. The first-order chi connectivity index (χ1) is 14.1. The Kier molecular flexibility index (Phi) is 10.1. The maximum absolute atomic E-state index is 5.56. The Morgan fingerprint density at radius 1 is 1.14 bits per heavy atom. The number of nitrogens with one attached hydrogen (secondary N) is 2. The summed E-state index contributed by atoms with van der Waals surface area (Å²) in [7, 11) is 5.15. The van der Waals surface area contributed by atoms with Crippen LogP contribution in [0.1, 0.15) is 38.3 Å². The molecule has 1 saturated heterocycles. The van der Waals surface area contributed by atoms with Gasteiger partial charge in [-0.3, -0.25) is 9.89 Å². The molecular weight excluding hydrogens is 368 g/mol. The van der Waals surface area contributed by atoms with Gasteiger partial charge >= 0.3 is 0 Å². The van der Waals surface area contributed by atoms with Gasteiger partial charge in [0.05, 0.1) is 33.5 Å². The van der Waals surface area contributed by atoms with Crippen LogP contribution in [0.25, 0.3) is 0 Å². The SMILES string of the molecule is CN=C(NCCCC(C)C)NCC(c1ccc(OC)c(OC)c1)N1CCOCC1. The van der Waals surface area contributed by atoms with Crippen molar-refractivity contribution >= 4 is 5.96 Å². The Bertz CT molecular complexity index is 630. The number of rotatable bonds is 10. The van der Waals surface area contributed by atoms with E-state index in [0.29, 0.717) is 0 Å². The van der Waals surface area contributed by atoms with Gasteiger partial charge in [-0.05, 0) is 36.5 Å². The van der Waals surface area contributed by atoms with Crippen molar-refractivity contribution in [2.24, 2.45) is 10.9 Å². The van der Waals surface area contributed by atoms with Crippen LogP contribution in [0.4, 0.5) is 0 Å². The van der Waals surface area contributed by atoms with Crippen molar-refractivity contribution in [2.45, 2.75) is 32.7 Å². The van der Waals surface area contributed by atoms with Gasteiger partial charge in [0, 0.05) is 33.2 Å². The first-order valence-electron chi connectivity index (χ1n) is 10.6. The first-order valence-corrected chi connectivity index (χ1v) is 10.6. The van der Waals surface area contributed by atoms with Crippen LogP contribution in [0, 0.1) is 5.92 Å². The fraction of sp³-hybridized carbons (Fsp3) is 0.682. The second-order valence-electron chi connectivity index (χ2n) is 7.69. The molecule has 1 atom stereocenters. The molecule has 0 aliphatic carbocycles. The average molecular weight is 407 g/mol. The fourth-order valence-electron chi connectivity index (χ4n) is 3.54. The molecule has 0 aromatic heterocycles. The minimum atomic E-state index is 0.188. The highest BCUT2D eigenvalue weighted by Crippen LogP contribution is 2.32. The van der Waals surface area contributed by atoms with Gasteiger partial charge in [0.1, 0.15) is 0 Å². The molecule has 1 aromatic carbocycles. The Labute approximate surface area is 175 Å². The van der Waals surface area contributed by atoms with E-state index in [1.807, 2.05) is 13.1 Å². The fourth-order valence-corrected chi connectivity index (χ4v) is 3.54. The Morgan fingerprint density at radius 3 is 2.48 bits per heavy atom. The second kappa shape index (κ2) is 12.5. The molecule has 1 aliphatic heterocycles. The molecule has 1 aromatic rings. The monoisotopic (exact) mass is 406 g/mol. The number of morpholine rings is 1. The molecule has 1 heterocycles. The average Bonchev–Trinajstić information content (AvgIpc) is 2.75. The van der Waals surface area contributed by atoms with Crippen molar-refractivity contribution in [3.05, 3.63) is 23.8 Å². The third-order valence-electron chi connectivity index (χ3n) is 5.22. The second-order valence-corrected chi connectivity index (χ2v) is 7.69. The molecule has 29 heavy (non-hydrogen) atoms. The number of nitrogens with zero attached hydrogens (tertiary/aromatic N) is 2. The van der Waals surface area contributed by atoms with E-state index in [1.165, 1.54) is 12.0 Å². The molecule has 1 unspecified atom stereocenters. The molecule has 0 radical (unpaired) electrons. The van der Waals surface area contributed by atoms with Crippen molar-refractivity contribution in [2.75, 3.05) is 60.7 Å². The van der Waals surface area contributed by atoms with Gasteiger partial charge in [0.2, 0.25) is 0 Å². The van der Waals surface area contributed by atoms with Gasteiger partial charge < -0.3 is 24.8 Å².